The van der Waals surface area contributed by atoms with Crippen LogP contribution in [0.2, 0.25) is 0 Å². The zero-order valence-electron chi connectivity index (χ0n) is 6.74. The van der Waals surface area contributed by atoms with E-state index in [0.29, 0.717) is 4.67 Å². The first kappa shape index (κ1) is 8.59. The van der Waals surface area contributed by atoms with Crippen LogP contribution in [0.4, 0.5) is 0 Å². The van der Waals surface area contributed by atoms with Crippen LogP contribution in [-0.4, -0.2) is 0 Å². The highest BCUT2D eigenvalue weighted by Crippen LogP contribution is 2.27. The fourth-order valence-corrected chi connectivity index (χ4v) is 1.64. The fourth-order valence-electron chi connectivity index (χ4n) is 1.16. The van der Waals surface area contributed by atoms with Crippen LogP contribution < -0.4 is 5.73 Å². The van der Waals surface area contributed by atoms with Crippen molar-refractivity contribution in [1.82, 2.24) is 0 Å². The highest BCUT2D eigenvalue weighted by atomic mass is 79.9. The third kappa shape index (κ3) is 1.55. The van der Waals surface area contributed by atoms with Crippen LogP contribution >= 0.6 is 15.9 Å². The number of furan rings is 2. The van der Waals surface area contributed by atoms with Gasteiger partial charge in [0, 0.05) is 11.1 Å². The minimum atomic E-state index is -0.202. The third-order valence-corrected chi connectivity index (χ3v) is 2.53. The van der Waals surface area contributed by atoms with Gasteiger partial charge >= 0.3 is 0 Å². The Balaban J connectivity index is 2.33. The van der Waals surface area contributed by atoms with Crippen LogP contribution in [0.15, 0.2) is 44.4 Å². The lowest BCUT2D eigenvalue weighted by atomic mass is 10.1. The molecule has 1 atom stereocenters. The smallest absolute Gasteiger partial charge is 0.174 e. The van der Waals surface area contributed by atoms with Gasteiger partial charge < -0.3 is 14.6 Å². The van der Waals surface area contributed by atoms with Gasteiger partial charge in [-0.15, -0.1) is 0 Å². The van der Waals surface area contributed by atoms with Gasteiger partial charge in [-0.1, -0.05) is 0 Å². The average molecular weight is 242 g/mol. The lowest BCUT2D eigenvalue weighted by Crippen LogP contribution is -2.10. The van der Waals surface area contributed by atoms with E-state index in [1.54, 1.807) is 18.8 Å². The molecule has 0 fully saturated rings. The first-order valence-electron chi connectivity index (χ1n) is 3.79. The predicted molar refractivity (Wildman–Crippen MR) is 51.1 cm³/mol. The molecule has 0 aromatic carbocycles. The van der Waals surface area contributed by atoms with Gasteiger partial charge in [0.05, 0.1) is 24.8 Å². The standard InChI is InChI=1S/C9H8BrNO2/c10-9-7(2-4-13-9)8(11)6-1-3-12-5-6/h1-5,8H,11H2. The highest BCUT2D eigenvalue weighted by molar-refractivity contribution is 9.10. The number of hydrogen-bond donors (Lipinski definition) is 1. The molecular weight excluding hydrogens is 234 g/mol. The molecule has 2 N–H and O–H groups in total. The van der Waals surface area contributed by atoms with Gasteiger partial charge in [-0.05, 0) is 28.1 Å². The highest BCUT2D eigenvalue weighted by Gasteiger charge is 2.14. The quantitative estimate of drug-likeness (QED) is 0.880. The van der Waals surface area contributed by atoms with E-state index in [-0.39, 0.29) is 6.04 Å². The van der Waals surface area contributed by atoms with Gasteiger partial charge in [0.25, 0.3) is 0 Å². The first-order chi connectivity index (χ1) is 6.29. The predicted octanol–water partition coefficient (Wildman–Crippen LogP) is 2.68. The summed E-state index contributed by atoms with van der Waals surface area (Å²) in [7, 11) is 0. The summed E-state index contributed by atoms with van der Waals surface area (Å²) in [5.41, 5.74) is 7.81. The maximum atomic E-state index is 5.96. The molecule has 0 bridgehead atoms. The summed E-state index contributed by atoms with van der Waals surface area (Å²) in [6.07, 6.45) is 4.83. The Kier molecular flexibility index (Phi) is 2.24. The molecule has 0 amide bonds. The van der Waals surface area contributed by atoms with Gasteiger partial charge in [-0.2, -0.15) is 0 Å². The van der Waals surface area contributed by atoms with E-state index < -0.39 is 0 Å². The molecule has 2 heterocycles. The molecule has 1 unspecified atom stereocenters. The van der Waals surface area contributed by atoms with Crippen molar-refractivity contribution in [1.29, 1.82) is 0 Å². The average Bonchev–Trinajstić information content (AvgIpc) is 2.72. The molecule has 0 saturated carbocycles. The molecule has 3 nitrogen and oxygen atoms in total. The van der Waals surface area contributed by atoms with E-state index in [4.69, 9.17) is 14.6 Å². The molecule has 2 rings (SSSR count). The van der Waals surface area contributed by atoms with Gasteiger partial charge in [0.2, 0.25) is 0 Å². The summed E-state index contributed by atoms with van der Waals surface area (Å²) in [6.45, 7) is 0. The van der Waals surface area contributed by atoms with Crippen molar-refractivity contribution in [2.24, 2.45) is 5.73 Å². The Bertz CT molecular complexity index is 380. The molecule has 0 aliphatic heterocycles. The van der Waals surface area contributed by atoms with Crippen molar-refractivity contribution in [2.75, 3.05) is 0 Å². The van der Waals surface area contributed by atoms with E-state index in [2.05, 4.69) is 15.9 Å². The summed E-state index contributed by atoms with van der Waals surface area (Å²) in [6, 6.07) is 3.47. The normalized spacial score (nSPS) is 13.1. The van der Waals surface area contributed by atoms with Gasteiger partial charge in [0.1, 0.15) is 0 Å². The number of rotatable bonds is 2. The van der Waals surface area contributed by atoms with E-state index in [1.165, 1.54) is 0 Å². The largest absolute Gasteiger partial charge is 0.472 e. The van der Waals surface area contributed by atoms with Crippen molar-refractivity contribution in [3.63, 3.8) is 0 Å². The van der Waals surface area contributed by atoms with Crippen LogP contribution in [0.25, 0.3) is 0 Å². The molecule has 2 aromatic rings. The zero-order chi connectivity index (χ0) is 9.26. The second kappa shape index (κ2) is 3.40. The van der Waals surface area contributed by atoms with Crippen molar-refractivity contribution in [3.05, 3.63) is 46.7 Å². The van der Waals surface area contributed by atoms with Crippen LogP contribution in [0.3, 0.4) is 0 Å². The minimum absolute atomic E-state index is 0.202. The zero-order valence-corrected chi connectivity index (χ0v) is 8.32. The number of hydrogen-bond acceptors (Lipinski definition) is 3. The van der Waals surface area contributed by atoms with Gasteiger partial charge in [-0.3, -0.25) is 0 Å². The van der Waals surface area contributed by atoms with Crippen LogP contribution in [0.5, 0.6) is 0 Å². The molecule has 0 aliphatic rings. The van der Waals surface area contributed by atoms with Crippen LogP contribution in [0, 0.1) is 0 Å². The summed E-state index contributed by atoms with van der Waals surface area (Å²) < 4.78 is 10.7. The minimum Gasteiger partial charge on any atom is -0.472 e. The van der Waals surface area contributed by atoms with Crippen molar-refractivity contribution in [3.8, 4) is 0 Å². The summed E-state index contributed by atoms with van der Waals surface area (Å²) >= 11 is 3.28. The van der Waals surface area contributed by atoms with Crippen LogP contribution in [0.1, 0.15) is 17.2 Å². The molecule has 0 spiro atoms. The van der Waals surface area contributed by atoms with E-state index in [1.807, 2.05) is 12.1 Å². The maximum Gasteiger partial charge on any atom is 0.174 e. The third-order valence-electron chi connectivity index (χ3n) is 1.88. The fraction of sp³-hybridized carbons (Fsp3) is 0.111. The Morgan fingerprint density at radius 2 is 2.15 bits per heavy atom. The van der Waals surface area contributed by atoms with E-state index in [0.717, 1.165) is 11.1 Å². The summed E-state index contributed by atoms with van der Waals surface area (Å²) in [5.74, 6) is 0. The van der Waals surface area contributed by atoms with Crippen molar-refractivity contribution >= 4 is 15.9 Å². The molecule has 0 radical (unpaired) electrons. The topological polar surface area (TPSA) is 52.3 Å². The molecular formula is C9H8BrNO2. The van der Waals surface area contributed by atoms with Gasteiger partial charge in [0.15, 0.2) is 4.67 Å². The Labute approximate surface area is 83.6 Å². The summed E-state index contributed by atoms with van der Waals surface area (Å²) in [4.78, 5) is 0. The summed E-state index contributed by atoms with van der Waals surface area (Å²) in [5, 5.41) is 0. The Hall–Kier alpha value is -1.00. The molecule has 68 valence electrons. The monoisotopic (exact) mass is 241 g/mol. The molecule has 0 aliphatic carbocycles. The van der Waals surface area contributed by atoms with E-state index in [9.17, 15) is 0 Å². The lowest BCUT2D eigenvalue weighted by molar-refractivity contribution is 0.533. The van der Waals surface area contributed by atoms with Crippen molar-refractivity contribution in [2.45, 2.75) is 6.04 Å². The lowest BCUT2D eigenvalue weighted by Gasteiger charge is -2.06. The van der Waals surface area contributed by atoms with Crippen molar-refractivity contribution < 1.29 is 8.83 Å². The Morgan fingerprint density at radius 1 is 1.31 bits per heavy atom. The van der Waals surface area contributed by atoms with Crippen LogP contribution in [-0.2, 0) is 0 Å². The molecule has 4 heteroatoms. The first-order valence-corrected chi connectivity index (χ1v) is 4.59. The Morgan fingerprint density at radius 3 is 2.69 bits per heavy atom. The second-order valence-corrected chi connectivity index (χ2v) is 3.40. The molecule has 0 saturated heterocycles. The van der Waals surface area contributed by atoms with E-state index >= 15 is 0 Å². The van der Waals surface area contributed by atoms with Gasteiger partial charge in [-0.25, -0.2) is 0 Å². The second-order valence-electron chi connectivity index (χ2n) is 2.68. The maximum absolute atomic E-state index is 5.96. The number of halogens is 1. The molecule has 13 heavy (non-hydrogen) atoms. The SMILES string of the molecule is NC(c1ccoc1)c1ccoc1Br. The number of nitrogens with two attached hydrogens (primary N) is 1. The molecule has 2 aromatic heterocycles.